The number of hydrogen-bond acceptors (Lipinski definition) is 6. The molecule has 286 valence electrons. The number of aryl methyl sites for hydroxylation is 4. The molecule has 12 heteroatoms. The number of pyridine rings is 1. The van der Waals surface area contributed by atoms with Crippen molar-refractivity contribution in [2.45, 2.75) is 85.7 Å². The summed E-state index contributed by atoms with van der Waals surface area (Å²) in [7, 11) is 0. The SMILES string of the molecule is C=C(NC(=O)/C(=C\C)[C@@]1(C)CCCNC1=O)c1cc(C)c2cnn(CCC3CCNC(=O)[C@@]3(C)c3ccc(-c4cc(C)c5cnn(CC)c5c4)[nH]c3=O)c2c1. The van der Waals surface area contributed by atoms with Gasteiger partial charge >= 0.3 is 0 Å². The van der Waals surface area contributed by atoms with Crippen molar-refractivity contribution >= 4 is 45.2 Å². The number of nitrogens with one attached hydrogen (secondary N) is 4. The summed E-state index contributed by atoms with van der Waals surface area (Å²) < 4.78 is 3.86. The van der Waals surface area contributed by atoms with Gasteiger partial charge in [-0.25, -0.2) is 0 Å². The zero-order valence-corrected chi connectivity index (χ0v) is 32.6. The maximum atomic E-state index is 13.9. The van der Waals surface area contributed by atoms with Gasteiger partial charge < -0.3 is 20.9 Å². The number of carbonyl (C=O) groups excluding carboxylic acids is 3. The van der Waals surface area contributed by atoms with Crippen LogP contribution in [0.25, 0.3) is 38.8 Å². The molecule has 12 nitrogen and oxygen atoms in total. The minimum atomic E-state index is -1.07. The highest BCUT2D eigenvalue weighted by molar-refractivity contribution is 6.05. The molecule has 3 amide bonds. The molecule has 3 atom stereocenters. The van der Waals surface area contributed by atoms with Crippen LogP contribution in [0.4, 0.5) is 0 Å². The second-order valence-corrected chi connectivity index (χ2v) is 15.5. The van der Waals surface area contributed by atoms with Crippen LogP contribution >= 0.6 is 0 Å². The van der Waals surface area contributed by atoms with E-state index in [-0.39, 0.29) is 29.2 Å². The molecule has 5 heterocycles. The molecule has 2 aliphatic heterocycles. The summed E-state index contributed by atoms with van der Waals surface area (Å²) in [5.41, 5.74) is 5.23. The predicted molar refractivity (Wildman–Crippen MR) is 215 cm³/mol. The number of carbonyl (C=O) groups is 3. The lowest BCUT2D eigenvalue weighted by atomic mass is 9.67. The molecule has 0 spiro atoms. The quantitative estimate of drug-likeness (QED) is 0.132. The molecule has 1 unspecified atom stereocenters. The Hall–Kier alpha value is -5.78. The van der Waals surface area contributed by atoms with Gasteiger partial charge in [0.2, 0.25) is 11.8 Å². The predicted octanol–water partition coefficient (Wildman–Crippen LogP) is 5.81. The van der Waals surface area contributed by atoms with Crippen molar-refractivity contribution in [1.29, 1.82) is 0 Å². The molecular formula is C43H50N8O4. The molecule has 5 aromatic rings. The Morgan fingerprint density at radius 3 is 2.35 bits per heavy atom. The zero-order chi connectivity index (χ0) is 39.2. The molecule has 2 aliphatic rings. The van der Waals surface area contributed by atoms with Crippen molar-refractivity contribution in [3.05, 3.63) is 99.6 Å². The van der Waals surface area contributed by atoms with Gasteiger partial charge in [0, 0.05) is 65.0 Å². The van der Waals surface area contributed by atoms with Crippen molar-refractivity contribution in [1.82, 2.24) is 40.5 Å². The Morgan fingerprint density at radius 2 is 1.65 bits per heavy atom. The minimum Gasteiger partial charge on any atom is -0.355 e. The Labute approximate surface area is 320 Å². The number of nitrogens with zero attached hydrogens (tertiary/aromatic N) is 4. The fourth-order valence-electron chi connectivity index (χ4n) is 8.77. The van der Waals surface area contributed by atoms with Crippen molar-refractivity contribution < 1.29 is 14.4 Å². The second-order valence-electron chi connectivity index (χ2n) is 15.5. The van der Waals surface area contributed by atoms with Gasteiger partial charge in [-0.1, -0.05) is 18.7 Å². The molecule has 2 aromatic carbocycles. The van der Waals surface area contributed by atoms with E-state index < -0.39 is 10.8 Å². The van der Waals surface area contributed by atoms with Gasteiger partial charge in [-0.3, -0.25) is 28.5 Å². The Bertz CT molecular complexity index is 2470. The lowest BCUT2D eigenvalue weighted by molar-refractivity contribution is -0.132. The van der Waals surface area contributed by atoms with Crippen molar-refractivity contribution in [2.75, 3.05) is 13.1 Å². The number of hydrogen-bond donors (Lipinski definition) is 4. The molecule has 7 rings (SSSR count). The van der Waals surface area contributed by atoms with E-state index in [1.54, 1.807) is 13.0 Å². The molecule has 0 bridgehead atoms. The number of fused-ring (bicyclic) bond motifs is 2. The molecule has 0 aliphatic carbocycles. The Balaban J connectivity index is 1.12. The van der Waals surface area contributed by atoms with Crippen molar-refractivity contribution in [3.8, 4) is 11.3 Å². The number of aromatic nitrogens is 5. The standard InChI is InChI=1S/C43H50N8O4/c1-8-33(42(6)15-10-16-44-40(42)54)38(52)48-27(5)28-19-25(3)32-24-47-51(37(32)21-28)18-14-30-13-17-45-41(55)43(30,7)34-11-12-35(49-39(34)53)29-20-26(4)31-23-46-50(9-2)36(31)22-29/h8,11-12,19-24,30H,5,9-10,13-18H2,1-4,6-7H3,(H,44,54)(H,45,55)(H,48,52)(H,49,53)/b33-8+/t30?,42-,43-/m1/s1. The molecule has 3 aromatic heterocycles. The topological polar surface area (TPSA) is 156 Å². The summed E-state index contributed by atoms with van der Waals surface area (Å²) in [5, 5.41) is 20.1. The van der Waals surface area contributed by atoms with Crippen LogP contribution in [0.15, 0.2) is 71.8 Å². The Kier molecular flexibility index (Phi) is 9.87. The lowest BCUT2D eigenvalue weighted by Crippen LogP contribution is -2.55. The third-order valence-electron chi connectivity index (χ3n) is 12.2. The van der Waals surface area contributed by atoms with Crippen LogP contribution in [-0.2, 0) is 32.9 Å². The van der Waals surface area contributed by atoms with Crippen LogP contribution in [0.2, 0.25) is 0 Å². The number of amides is 3. The molecule has 0 saturated carbocycles. The van der Waals surface area contributed by atoms with Gasteiger partial charge in [-0.15, -0.1) is 0 Å². The van der Waals surface area contributed by atoms with E-state index in [1.165, 1.54) is 0 Å². The van der Waals surface area contributed by atoms with Crippen LogP contribution in [0.5, 0.6) is 0 Å². The number of H-pyrrole nitrogens is 1. The largest absolute Gasteiger partial charge is 0.355 e. The smallest absolute Gasteiger partial charge is 0.252 e. The highest BCUT2D eigenvalue weighted by Crippen LogP contribution is 2.39. The average molecular weight is 743 g/mol. The van der Waals surface area contributed by atoms with Crippen molar-refractivity contribution in [3.63, 3.8) is 0 Å². The normalized spacial score (nSPS) is 21.8. The van der Waals surface area contributed by atoms with Crippen LogP contribution in [0.3, 0.4) is 0 Å². The molecule has 55 heavy (non-hydrogen) atoms. The number of rotatable bonds is 10. The van der Waals surface area contributed by atoms with E-state index in [0.717, 1.165) is 57.0 Å². The van der Waals surface area contributed by atoms with E-state index in [1.807, 2.05) is 86.7 Å². The van der Waals surface area contributed by atoms with E-state index in [4.69, 9.17) is 5.10 Å². The van der Waals surface area contributed by atoms with Crippen LogP contribution in [-0.4, -0.2) is 55.4 Å². The van der Waals surface area contributed by atoms with E-state index in [0.29, 0.717) is 61.4 Å². The molecule has 2 fully saturated rings. The van der Waals surface area contributed by atoms with E-state index >= 15 is 0 Å². The average Bonchev–Trinajstić information content (AvgIpc) is 3.78. The maximum absolute atomic E-state index is 13.9. The zero-order valence-electron chi connectivity index (χ0n) is 32.6. The monoisotopic (exact) mass is 742 g/mol. The second kappa shape index (κ2) is 14.5. The highest BCUT2D eigenvalue weighted by atomic mass is 16.2. The summed E-state index contributed by atoms with van der Waals surface area (Å²) >= 11 is 0. The Morgan fingerprint density at radius 1 is 0.964 bits per heavy atom. The van der Waals surface area contributed by atoms with Crippen molar-refractivity contribution in [2.24, 2.45) is 11.3 Å². The summed E-state index contributed by atoms with van der Waals surface area (Å²) in [4.78, 5) is 57.1. The fourth-order valence-corrected chi connectivity index (χ4v) is 8.77. The number of piperidine rings is 2. The summed E-state index contributed by atoms with van der Waals surface area (Å²) in [6.45, 7) is 18.1. The minimum absolute atomic E-state index is 0.138. The van der Waals surface area contributed by atoms with Crippen LogP contribution in [0, 0.1) is 25.2 Å². The van der Waals surface area contributed by atoms with Gasteiger partial charge in [0.15, 0.2) is 0 Å². The summed E-state index contributed by atoms with van der Waals surface area (Å²) in [6, 6.07) is 11.7. The highest BCUT2D eigenvalue weighted by Gasteiger charge is 2.46. The van der Waals surface area contributed by atoms with Gasteiger partial charge in [-0.05, 0) is 120 Å². The number of allylic oxidation sites excluding steroid dienone is 1. The first-order chi connectivity index (χ1) is 26.3. The number of aromatic amines is 1. The van der Waals surface area contributed by atoms with Gasteiger partial charge in [0.1, 0.15) is 0 Å². The summed E-state index contributed by atoms with van der Waals surface area (Å²) in [6.07, 6.45) is 8.11. The van der Waals surface area contributed by atoms with Gasteiger partial charge in [0.05, 0.1) is 34.3 Å². The third-order valence-corrected chi connectivity index (χ3v) is 12.2. The number of benzene rings is 2. The molecule has 2 saturated heterocycles. The van der Waals surface area contributed by atoms with Gasteiger partial charge in [0.25, 0.3) is 11.5 Å². The lowest BCUT2D eigenvalue weighted by Gasteiger charge is -2.40. The third kappa shape index (κ3) is 6.47. The summed E-state index contributed by atoms with van der Waals surface area (Å²) in [5.74, 6) is -0.801. The van der Waals surface area contributed by atoms with E-state index in [2.05, 4.69) is 38.7 Å². The fraction of sp³-hybridized carbons (Fsp3) is 0.395. The first kappa shape index (κ1) is 37.5. The van der Waals surface area contributed by atoms with E-state index in [9.17, 15) is 19.2 Å². The molecule has 0 radical (unpaired) electrons. The molecule has 4 N–H and O–H groups in total. The van der Waals surface area contributed by atoms with Crippen LogP contribution < -0.4 is 21.5 Å². The molecular weight excluding hydrogens is 693 g/mol. The van der Waals surface area contributed by atoms with Gasteiger partial charge in [-0.2, -0.15) is 10.2 Å². The first-order valence-electron chi connectivity index (χ1n) is 19.2. The van der Waals surface area contributed by atoms with Crippen LogP contribution in [0.1, 0.15) is 75.6 Å². The first-order valence-corrected chi connectivity index (χ1v) is 19.2. The maximum Gasteiger partial charge on any atom is 0.252 e.